The average Bonchev–Trinajstić information content (AvgIpc) is 2.91. The number of pyridine rings is 1. The lowest BCUT2D eigenvalue weighted by Gasteiger charge is -2.17. The number of nitrogens with zero attached hydrogens (tertiary/aromatic N) is 1. The van der Waals surface area contributed by atoms with E-state index in [-0.39, 0.29) is 0 Å². The second-order valence-electron chi connectivity index (χ2n) is 4.83. The second kappa shape index (κ2) is 3.86. The summed E-state index contributed by atoms with van der Waals surface area (Å²) in [5, 5.41) is 4.02. The monoisotopic (exact) mass is 234 g/mol. The zero-order chi connectivity index (χ0) is 11.0. The molecule has 1 aliphatic heterocycles. The van der Waals surface area contributed by atoms with E-state index in [1.165, 1.54) is 30.4 Å². The minimum absolute atomic E-state index is 0.426. The first kappa shape index (κ1) is 10.3. The van der Waals surface area contributed by atoms with Crippen LogP contribution in [0.15, 0.2) is 24.4 Å². The molecule has 1 N–H and O–H groups in total. The molecular formula is C13H15ClN2. The maximum absolute atomic E-state index is 5.80. The number of nitrogens with one attached hydrogen (secondary N) is 1. The summed E-state index contributed by atoms with van der Waals surface area (Å²) < 4.78 is 0. The molecule has 1 spiro atoms. The summed E-state index contributed by atoms with van der Waals surface area (Å²) in [7, 11) is 0. The third kappa shape index (κ3) is 1.76. The molecule has 1 aliphatic carbocycles. The van der Waals surface area contributed by atoms with Crippen LogP contribution in [0.4, 0.5) is 0 Å². The van der Waals surface area contributed by atoms with Crippen LogP contribution in [0.25, 0.3) is 5.57 Å². The van der Waals surface area contributed by atoms with E-state index in [0.29, 0.717) is 10.6 Å². The van der Waals surface area contributed by atoms with Crippen LogP contribution >= 0.6 is 11.6 Å². The third-order valence-electron chi connectivity index (χ3n) is 3.75. The molecule has 16 heavy (non-hydrogen) atoms. The molecule has 0 aromatic carbocycles. The van der Waals surface area contributed by atoms with Crippen LogP contribution < -0.4 is 5.32 Å². The fourth-order valence-corrected chi connectivity index (χ4v) is 2.90. The second-order valence-corrected chi connectivity index (χ2v) is 5.22. The molecule has 0 radical (unpaired) electrons. The van der Waals surface area contributed by atoms with Gasteiger partial charge in [0.05, 0.1) is 0 Å². The van der Waals surface area contributed by atoms with Crippen LogP contribution in [0.3, 0.4) is 0 Å². The van der Waals surface area contributed by atoms with Gasteiger partial charge in [0.15, 0.2) is 0 Å². The van der Waals surface area contributed by atoms with Gasteiger partial charge >= 0.3 is 0 Å². The molecule has 3 rings (SSSR count). The summed E-state index contributed by atoms with van der Waals surface area (Å²) in [6, 6.07) is 3.94. The van der Waals surface area contributed by atoms with Gasteiger partial charge in [-0.25, -0.2) is 4.98 Å². The van der Waals surface area contributed by atoms with E-state index in [2.05, 4.69) is 22.4 Å². The zero-order valence-electron chi connectivity index (χ0n) is 9.17. The number of hydrogen-bond acceptors (Lipinski definition) is 2. The lowest BCUT2D eigenvalue weighted by Crippen LogP contribution is -2.18. The first-order valence-electron chi connectivity index (χ1n) is 5.82. The predicted octanol–water partition coefficient (Wildman–Crippen LogP) is 2.89. The Hall–Kier alpha value is -0.860. The van der Waals surface area contributed by atoms with Crippen molar-refractivity contribution in [3.8, 4) is 0 Å². The summed E-state index contributed by atoms with van der Waals surface area (Å²) in [6.45, 7) is 2.29. The number of hydrogen-bond donors (Lipinski definition) is 1. The topological polar surface area (TPSA) is 24.9 Å². The number of aromatic nitrogens is 1. The Balaban J connectivity index is 1.88. The van der Waals surface area contributed by atoms with E-state index in [4.69, 9.17) is 11.6 Å². The van der Waals surface area contributed by atoms with Crippen molar-refractivity contribution in [1.29, 1.82) is 0 Å². The first-order valence-corrected chi connectivity index (χ1v) is 6.20. The van der Waals surface area contributed by atoms with Gasteiger partial charge in [-0.2, -0.15) is 0 Å². The molecule has 1 aromatic heterocycles. The van der Waals surface area contributed by atoms with Crippen LogP contribution in [-0.4, -0.2) is 18.1 Å². The van der Waals surface area contributed by atoms with Gasteiger partial charge in [0.2, 0.25) is 0 Å². The highest BCUT2D eigenvalue weighted by Crippen LogP contribution is 2.43. The van der Waals surface area contributed by atoms with Crippen molar-refractivity contribution < 1.29 is 0 Å². The molecule has 0 bridgehead atoms. The maximum atomic E-state index is 5.80. The predicted molar refractivity (Wildman–Crippen MR) is 66.4 cm³/mol. The molecule has 1 atom stereocenters. The van der Waals surface area contributed by atoms with E-state index >= 15 is 0 Å². The van der Waals surface area contributed by atoms with Crippen LogP contribution in [-0.2, 0) is 0 Å². The van der Waals surface area contributed by atoms with E-state index in [9.17, 15) is 0 Å². The molecule has 1 saturated heterocycles. The molecule has 2 nitrogen and oxygen atoms in total. The molecule has 0 saturated carbocycles. The lowest BCUT2D eigenvalue weighted by atomic mass is 9.87. The average molecular weight is 235 g/mol. The van der Waals surface area contributed by atoms with Crippen molar-refractivity contribution in [2.75, 3.05) is 13.1 Å². The minimum atomic E-state index is 0.426. The highest BCUT2D eigenvalue weighted by Gasteiger charge is 2.35. The molecule has 1 aromatic rings. The third-order valence-corrected chi connectivity index (χ3v) is 3.97. The number of allylic oxidation sites excluding steroid dienone is 1. The van der Waals surface area contributed by atoms with E-state index in [0.717, 1.165) is 13.1 Å². The Morgan fingerprint density at radius 2 is 2.25 bits per heavy atom. The van der Waals surface area contributed by atoms with Gasteiger partial charge in [-0.3, -0.25) is 0 Å². The molecule has 2 aliphatic rings. The molecular weight excluding hydrogens is 220 g/mol. The Morgan fingerprint density at radius 1 is 1.31 bits per heavy atom. The van der Waals surface area contributed by atoms with Crippen molar-refractivity contribution in [1.82, 2.24) is 10.3 Å². The minimum Gasteiger partial charge on any atom is -0.316 e. The Kier molecular flexibility index (Phi) is 2.49. The summed E-state index contributed by atoms with van der Waals surface area (Å²) in [5.74, 6) is 0. The fourth-order valence-electron chi connectivity index (χ4n) is 2.79. The van der Waals surface area contributed by atoms with Crippen LogP contribution in [0.1, 0.15) is 24.8 Å². The highest BCUT2D eigenvalue weighted by atomic mass is 35.5. The van der Waals surface area contributed by atoms with Gasteiger partial charge in [-0.1, -0.05) is 23.7 Å². The van der Waals surface area contributed by atoms with Gasteiger partial charge in [0, 0.05) is 18.2 Å². The van der Waals surface area contributed by atoms with E-state index in [1.54, 1.807) is 0 Å². The van der Waals surface area contributed by atoms with Crippen molar-refractivity contribution >= 4 is 17.2 Å². The number of halogens is 1. The summed E-state index contributed by atoms with van der Waals surface area (Å²) >= 11 is 5.80. The van der Waals surface area contributed by atoms with Gasteiger partial charge in [0.1, 0.15) is 5.15 Å². The quantitative estimate of drug-likeness (QED) is 0.756. The summed E-state index contributed by atoms with van der Waals surface area (Å²) in [6.07, 6.45) is 8.06. The Bertz CT molecular complexity index is 416. The summed E-state index contributed by atoms with van der Waals surface area (Å²) in [5.41, 5.74) is 3.09. The Morgan fingerprint density at radius 3 is 2.94 bits per heavy atom. The van der Waals surface area contributed by atoms with E-state index in [1.807, 2.05) is 12.3 Å². The van der Waals surface area contributed by atoms with Crippen LogP contribution in [0, 0.1) is 5.41 Å². The SMILES string of the molecule is Clc1ccc(C2=CC3(CCNC3)CC2)cn1. The van der Waals surface area contributed by atoms with Crippen molar-refractivity contribution in [2.24, 2.45) is 5.41 Å². The van der Waals surface area contributed by atoms with Gasteiger partial charge in [-0.15, -0.1) is 0 Å². The molecule has 2 heterocycles. The maximum Gasteiger partial charge on any atom is 0.129 e. The molecule has 0 amide bonds. The van der Waals surface area contributed by atoms with Crippen LogP contribution in [0.2, 0.25) is 5.15 Å². The molecule has 1 unspecified atom stereocenters. The summed E-state index contributed by atoms with van der Waals surface area (Å²) in [4.78, 5) is 4.15. The van der Waals surface area contributed by atoms with Crippen molar-refractivity contribution in [2.45, 2.75) is 19.3 Å². The standard InChI is InChI=1S/C13H15ClN2/c14-12-2-1-11(8-16-12)10-3-4-13(7-10)5-6-15-9-13/h1-2,7-8,15H,3-6,9H2. The van der Waals surface area contributed by atoms with Crippen molar-refractivity contribution in [3.63, 3.8) is 0 Å². The lowest BCUT2D eigenvalue weighted by molar-refractivity contribution is 0.419. The van der Waals surface area contributed by atoms with Crippen LogP contribution in [0.5, 0.6) is 0 Å². The smallest absolute Gasteiger partial charge is 0.129 e. The van der Waals surface area contributed by atoms with Gasteiger partial charge in [0.25, 0.3) is 0 Å². The molecule has 84 valence electrons. The van der Waals surface area contributed by atoms with Gasteiger partial charge in [-0.05, 0) is 43.0 Å². The largest absolute Gasteiger partial charge is 0.316 e. The zero-order valence-corrected chi connectivity index (χ0v) is 9.93. The highest BCUT2D eigenvalue weighted by molar-refractivity contribution is 6.29. The Labute approximate surface area is 101 Å². The van der Waals surface area contributed by atoms with E-state index < -0.39 is 0 Å². The molecule has 3 heteroatoms. The first-order chi connectivity index (χ1) is 7.77. The molecule has 1 fully saturated rings. The normalized spacial score (nSPS) is 28.7. The van der Waals surface area contributed by atoms with Crippen molar-refractivity contribution in [3.05, 3.63) is 35.1 Å². The fraction of sp³-hybridized carbons (Fsp3) is 0.462. The number of rotatable bonds is 1. The van der Waals surface area contributed by atoms with Gasteiger partial charge < -0.3 is 5.32 Å².